The summed E-state index contributed by atoms with van der Waals surface area (Å²) in [6.07, 6.45) is 3.10. The predicted molar refractivity (Wildman–Crippen MR) is 163 cm³/mol. The fourth-order valence-electron chi connectivity index (χ4n) is 6.10. The molecule has 1 aromatic heterocycles. The van der Waals surface area contributed by atoms with Crippen LogP contribution in [-0.2, 0) is 17.8 Å². The van der Waals surface area contributed by atoms with Gasteiger partial charge in [-0.1, -0.05) is 19.1 Å². The molecule has 0 unspecified atom stereocenters. The first-order valence-electron chi connectivity index (χ1n) is 15.1. The Morgan fingerprint density at radius 2 is 1.60 bits per heavy atom. The van der Waals surface area contributed by atoms with Gasteiger partial charge < -0.3 is 31.5 Å². The van der Waals surface area contributed by atoms with Crippen molar-refractivity contribution in [2.45, 2.75) is 39.2 Å². The zero-order valence-corrected chi connectivity index (χ0v) is 24.8. The van der Waals surface area contributed by atoms with Gasteiger partial charge in [0.05, 0.1) is 5.56 Å². The number of phenolic OH excluding ortho intramolecular Hbond substituents is 2. The first-order chi connectivity index (χ1) is 20.8. The number of amides is 2. The second-order valence-electron chi connectivity index (χ2n) is 11.5. The number of hydrogen-bond donors (Lipinski definition) is 4. The average Bonchev–Trinajstić information content (AvgIpc) is 3.44. The van der Waals surface area contributed by atoms with Gasteiger partial charge in [0.15, 0.2) is 5.82 Å². The van der Waals surface area contributed by atoms with E-state index >= 15 is 0 Å². The molecule has 2 fully saturated rings. The Morgan fingerprint density at radius 1 is 0.930 bits per heavy atom. The quantitative estimate of drug-likeness (QED) is 0.275. The monoisotopic (exact) mass is 590 g/mol. The molecule has 2 aromatic carbocycles. The second kappa shape index (κ2) is 13.5. The molecular formula is C31H42N8O4. The maximum absolute atomic E-state index is 12.2. The predicted octanol–water partition coefficient (Wildman–Crippen LogP) is 1.71. The fraction of sp³-hybridized carbons (Fsp3) is 0.484. The van der Waals surface area contributed by atoms with Crippen molar-refractivity contribution < 1.29 is 19.8 Å². The van der Waals surface area contributed by atoms with Crippen molar-refractivity contribution in [2.75, 3.05) is 52.4 Å². The molecule has 0 saturated carbocycles. The average molecular weight is 591 g/mol. The molecule has 0 aliphatic carbocycles. The minimum absolute atomic E-state index is 0.00722. The summed E-state index contributed by atoms with van der Waals surface area (Å²) in [4.78, 5) is 31.3. The summed E-state index contributed by atoms with van der Waals surface area (Å²) in [7, 11) is 0. The minimum atomic E-state index is -0.736. The number of phenols is 2. The standard InChI is InChI=1S/C31H42N8O4/c1-2-23-17-25(27(41)18-26(23)40)30-34-35-31(29(33)43)39(30)24-5-3-21(4-6-24)19-36-13-15-37(16-14-36)20-22-8-11-38(12-9-22)28(42)7-10-32/h3-6,17-18,22,40-41H,2,7-16,19-20,32H2,1H3,(H2,33,43). The SMILES string of the molecule is CCc1cc(-c2nnc(C(N)=O)n2-c2ccc(CN3CCN(CC4CCN(C(=O)CCN)CC4)CC3)cc2)c(O)cc1O. The molecule has 6 N–H and O–H groups in total. The van der Waals surface area contributed by atoms with Crippen molar-refractivity contribution in [1.82, 2.24) is 29.5 Å². The summed E-state index contributed by atoms with van der Waals surface area (Å²) in [5.74, 6) is 0.117. The Kier molecular flexibility index (Phi) is 9.59. The third-order valence-corrected chi connectivity index (χ3v) is 8.61. The third-order valence-electron chi connectivity index (χ3n) is 8.61. The molecule has 2 aliphatic rings. The summed E-state index contributed by atoms with van der Waals surface area (Å²) < 4.78 is 1.54. The molecule has 2 saturated heterocycles. The molecule has 3 heterocycles. The number of rotatable bonds is 10. The van der Waals surface area contributed by atoms with Gasteiger partial charge in [0, 0.05) is 77.1 Å². The van der Waals surface area contributed by atoms with E-state index in [9.17, 15) is 19.8 Å². The van der Waals surface area contributed by atoms with Crippen molar-refractivity contribution in [3.63, 3.8) is 0 Å². The van der Waals surface area contributed by atoms with Gasteiger partial charge in [-0.05, 0) is 54.5 Å². The van der Waals surface area contributed by atoms with E-state index in [1.807, 2.05) is 36.1 Å². The first kappa shape index (κ1) is 30.5. The van der Waals surface area contributed by atoms with Crippen LogP contribution in [0, 0.1) is 5.92 Å². The number of piperidine rings is 1. The lowest BCUT2D eigenvalue weighted by atomic mass is 9.95. The van der Waals surface area contributed by atoms with E-state index in [0.29, 0.717) is 42.1 Å². The van der Waals surface area contributed by atoms with Crippen LogP contribution in [0.15, 0.2) is 36.4 Å². The number of aromatic hydroxyl groups is 2. The van der Waals surface area contributed by atoms with Gasteiger partial charge in [0.25, 0.3) is 5.91 Å². The van der Waals surface area contributed by atoms with E-state index in [2.05, 4.69) is 20.0 Å². The van der Waals surface area contributed by atoms with Gasteiger partial charge in [0.1, 0.15) is 11.5 Å². The minimum Gasteiger partial charge on any atom is -0.508 e. The van der Waals surface area contributed by atoms with Gasteiger partial charge >= 0.3 is 0 Å². The van der Waals surface area contributed by atoms with E-state index in [-0.39, 0.29) is 29.1 Å². The van der Waals surface area contributed by atoms with Crippen molar-refractivity contribution in [1.29, 1.82) is 0 Å². The molecule has 2 aliphatic heterocycles. The fourth-order valence-corrected chi connectivity index (χ4v) is 6.10. The highest BCUT2D eigenvalue weighted by Crippen LogP contribution is 2.35. The highest BCUT2D eigenvalue weighted by molar-refractivity contribution is 5.91. The smallest absolute Gasteiger partial charge is 0.287 e. The van der Waals surface area contributed by atoms with Crippen molar-refractivity contribution in [3.05, 3.63) is 53.3 Å². The summed E-state index contributed by atoms with van der Waals surface area (Å²) in [6, 6.07) is 10.8. The van der Waals surface area contributed by atoms with Crippen LogP contribution in [0.2, 0.25) is 0 Å². The number of benzene rings is 2. The van der Waals surface area contributed by atoms with Crippen LogP contribution >= 0.6 is 0 Å². The van der Waals surface area contributed by atoms with Crippen LogP contribution in [0.25, 0.3) is 17.1 Å². The zero-order valence-electron chi connectivity index (χ0n) is 24.8. The Morgan fingerprint density at radius 3 is 2.23 bits per heavy atom. The van der Waals surface area contributed by atoms with Crippen LogP contribution in [0.1, 0.15) is 47.9 Å². The lowest BCUT2D eigenvalue weighted by Gasteiger charge is -2.39. The molecule has 0 spiro atoms. The molecule has 0 bridgehead atoms. The van der Waals surface area contributed by atoms with Gasteiger partial charge in [-0.25, -0.2) is 0 Å². The number of carbonyl (C=O) groups excluding carboxylic acids is 2. The number of carbonyl (C=O) groups is 2. The van der Waals surface area contributed by atoms with Gasteiger partial charge in [-0.3, -0.25) is 19.1 Å². The highest BCUT2D eigenvalue weighted by atomic mass is 16.3. The maximum atomic E-state index is 12.2. The summed E-state index contributed by atoms with van der Waals surface area (Å²) in [5, 5.41) is 28.9. The highest BCUT2D eigenvalue weighted by Gasteiger charge is 2.26. The molecule has 0 atom stereocenters. The van der Waals surface area contributed by atoms with Gasteiger partial charge in [-0.2, -0.15) is 0 Å². The number of likely N-dealkylation sites (tertiary alicyclic amines) is 1. The lowest BCUT2D eigenvalue weighted by molar-refractivity contribution is -0.132. The molecule has 0 radical (unpaired) electrons. The number of primary amides is 1. The van der Waals surface area contributed by atoms with Crippen LogP contribution in [0.4, 0.5) is 0 Å². The van der Waals surface area contributed by atoms with Crippen LogP contribution < -0.4 is 11.5 Å². The Balaban J connectivity index is 1.20. The number of aryl methyl sites for hydroxylation is 1. The van der Waals surface area contributed by atoms with Gasteiger partial charge in [-0.15, -0.1) is 10.2 Å². The lowest BCUT2D eigenvalue weighted by Crippen LogP contribution is -2.48. The Bertz CT molecular complexity index is 1420. The van der Waals surface area contributed by atoms with E-state index in [0.717, 1.165) is 70.8 Å². The number of hydrogen-bond acceptors (Lipinski definition) is 9. The normalized spacial score (nSPS) is 16.9. The number of piperazine rings is 1. The zero-order chi connectivity index (χ0) is 30.5. The Labute approximate surface area is 251 Å². The second-order valence-corrected chi connectivity index (χ2v) is 11.5. The molecule has 230 valence electrons. The van der Waals surface area contributed by atoms with Crippen LogP contribution in [0.5, 0.6) is 11.5 Å². The van der Waals surface area contributed by atoms with E-state index in [1.54, 1.807) is 6.07 Å². The van der Waals surface area contributed by atoms with Crippen molar-refractivity contribution >= 4 is 11.8 Å². The Hall–Kier alpha value is -4.00. The molecule has 5 rings (SSSR count). The molecular weight excluding hydrogens is 548 g/mol. The summed E-state index contributed by atoms with van der Waals surface area (Å²) in [5.41, 5.74) is 13.9. The van der Waals surface area contributed by atoms with E-state index in [1.165, 1.54) is 10.6 Å². The largest absolute Gasteiger partial charge is 0.508 e. The van der Waals surface area contributed by atoms with Crippen LogP contribution in [0.3, 0.4) is 0 Å². The number of nitrogens with zero attached hydrogens (tertiary/aromatic N) is 6. The molecule has 12 nitrogen and oxygen atoms in total. The molecule has 2 amide bonds. The molecule has 3 aromatic rings. The van der Waals surface area contributed by atoms with Crippen LogP contribution in [-0.4, -0.2) is 104 Å². The maximum Gasteiger partial charge on any atom is 0.287 e. The molecule has 43 heavy (non-hydrogen) atoms. The third kappa shape index (κ3) is 6.98. The summed E-state index contributed by atoms with van der Waals surface area (Å²) >= 11 is 0. The van der Waals surface area contributed by atoms with E-state index < -0.39 is 5.91 Å². The summed E-state index contributed by atoms with van der Waals surface area (Å²) in [6.45, 7) is 9.89. The van der Waals surface area contributed by atoms with Crippen molar-refractivity contribution in [3.8, 4) is 28.6 Å². The van der Waals surface area contributed by atoms with Gasteiger partial charge in [0.2, 0.25) is 11.7 Å². The first-order valence-corrected chi connectivity index (χ1v) is 15.1. The topological polar surface area (TPSA) is 167 Å². The number of aromatic nitrogens is 3. The molecule has 12 heteroatoms. The number of nitrogens with two attached hydrogens (primary N) is 2. The van der Waals surface area contributed by atoms with Crippen molar-refractivity contribution in [2.24, 2.45) is 17.4 Å². The van der Waals surface area contributed by atoms with E-state index in [4.69, 9.17) is 11.5 Å².